The molecule has 1 N–H and O–H groups in total. The SMILES string of the molecule is C=CC(C)(C)C1=CC(c2ccccc2O)C=C(C(C)(C)C)C1=O. The minimum atomic E-state index is -0.412. The Hall–Kier alpha value is -2.09. The molecule has 0 saturated carbocycles. The monoisotopic (exact) mass is 310 g/mol. The molecule has 1 aromatic rings. The molecule has 0 spiro atoms. The van der Waals surface area contributed by atoms with Gasteiger partial charge in [-0.1, -0.05) is 71.0 Å². The topological polar surface area (TPSA) is 37.3 Å². The lowest BCUT2D eigenvalue weighted by atomic mass is 9.69. The van der Waals surface area contributed by atoms with Crippen molar-refractivity contribution < 1.29 is 9.90 Å². The van der Waals surface area contributed by atoms with Gasteiger partial charge in [-0.3, -0.25) is 4.79 Å². The van der Waals surface area contributed by atoms with E-state index in [1.54, 1.807) is 12.1 Å². The molecule has 1 aromatic carbocycles. The Morgan fingerprint density at radius 2 is 1.61 bits per heavy atom. The molecule has 0 bridgehead atoms. The minimum Gasteiger partial charge on any atom is -0.508 e. The maximum absolute atomic E-state index is 13.0. The molecule has 1 unspecified atom stereocenters. The van der Waals surface area contributed by atoms with Gasteiger partial charge in [0.25, 0.3) is 0 Å². The van der Waals surface area contributed by atoms with E-state index in [1.807, 2.05) is 65.0 Å². The summed E-state index contributed by atoms with van der Waals surface area (Å²) in [5, 5.41) is 10.2. The summed E-state index contributed by atoms with van der Waals surface area (Å²) in [6.07, 6.45) is 5.76. The molecule has 0 amide bonds. The molecule has 1 aliphatic rings. The Morgan fingerprint density at radius 1 is 1.04 bits per heavy atom. The Kier molecular flexibility index (Phi) is 4.39. The highest BCUT2D eigenvalue weighted by Crippen LogP contribution is 2.43. The van der Waals surface area contributed by atoms with E-state index in [4.69, 9.17) is 0 Å². The van der Waals surface area contributed by atoms with Crippen LogP contribution in [0.25, 0.3) is 0 Å². The molecule has 1 atom stereocenters. The lowest BCUT2D eigenvalue weighted by molar-refractivity contribution is -0.114. The van der Waals surface area contributed by atoms with Crippen LogP contribution in [0.4, 0.5) is 0 Å². The first-order valence-corrected chi connectivity index (χ1v) is 7.98. The maximum Gasteiger partial charge on any atom is 0.185 e. The van der Waals surface area contributed by atoms with Crippen molar-refractivity contribution in [3.8, 4) is 5.75 Å². The van der Waals surface area contributed by atoms with E-state index in [0.29, 0.717) is 0 Å². The molecule has 0 saturated heterocycles. The highest BCUT2D eigenvalue weighted by atomic mass is 16.3. The van der Waals surface area contributed by atoms with Gasteiger partial charge in [0.1, 0.15) is 5.75 Å². The van der Waals surface area contributed by atoms with Crippen LogP contribution in [0.2, 0.25) is 0 Å². The van der Waals surface area contributed by atoms with Crippen molar-refractivity contribution in [3.63, 3.8) is 0 Å². The van der Waals surface area contributed by atoms with E-state index < -0.39 is 5.41 Å². The van der Waals surface area contributed by atoms with Crippen LogP contribution in [-0.2, 0) is 4.79 Å². The molecule has 0 heterocycles. The number of phenols is 1. The predicted octanol–water partition coefficient (Wildman–Crippen LogP) is 5.17. The fraction of sp³-hybridized carbons (Fsp3) is 0.381. The second kappa shape index (κ2) is 5.84. The van der Waals surface area contributed by atoms with Crippen molar-refractivity contribution in [3.05, 3.63) is 65.8 Å². The Labute approximate surface area is 139 Å². The number of phenolic OH excluding ortho intramolecular Hbond substituents is 1. The zero-order valence-corrected chi connectivity index (χ0v) is 14.7. The maximum atomic E-state index is 13.0. The van der Waals surface area contributed by atoms with Gasteiger partial charge < -0.3 is 5.11 Å². The van der Waals surface area contributed by atoms with Gasteiger partial charge in [0.15, 0.2) is 5.78 Å². The first-order valence-electron chi connectivity index (χ1n) is 7.98. The van der Waals surface area contributed by atoms with Gasteiger partial charge in [-0.25, -0.2) is 0 Å². The van der Waals surface area contributed by atoms with E-state index in [-0.39, 0.29) is 22.9 Å². The fourth-order valence-electron chi connectivity index (χ4n) is 2.86. The summed E-state index contributed by atoms with van der Waals surface area (Å²) in [6, 6.07) is 7.30. The van der Waals surface area contributed by atoms with Crippen molar-refractivity contribution in [1.82, 2.24) is 0 Å². The quantitative estimate of drug-likeness (QED) is 0.782. The summed E-state index contributed by atoms with van der Waals surface area (Å²) in [4.78, 5) is 13.0. The molecule has 2 rings (SSSR count). The molecule has 0 aromatic heterocycles. The van der Waals surface area contributed by atoms with Crippen LogP contribution in [0.1, 0.15) is 46.1 Å². The molecular formula is C21H26O2. The lowest BCUT2D eigenvalue weighted by Crippen LogP contribution is -2.29. The van der Waals surface area contributed by atoms with E-state index in [0.717, 1.165) is 16.7 Å². The van der Waals surface area contributed by atoms with E-state index >= 15 is 0 Å². The van der Waals surface area contributed by atoms with Gasteiger partial charge in [-0.15, -0.1) is 6.58 Å². The standard InChI is InChI=1S/C21H26O2/c1-7-21(5,6)17-13-14(15-10-8-9-11-18(15)22)12-16(19(17)23)20(2,3)4/h7-14,22H,1H2,2-6H3. The molecule has 1 aliphatic carbocycles. The fourth-order valence-corrected chi connectivity index (χ4v) is 2.86. The van der Waals surface area contributed by atoms with Crippen molar-refractivity contribution in [2.75, 3.05) is 0 Å². The first kappa shape index (κ1) is 17.3. The normalized spacial score (nSPS) is 19.2. The average molecular weight is 310 g/mol. The third kappa shape index (κ3) is 3.31. The Morgan fingerprint density at radius 3 is 2.13 bits per heavy atom. The van der Waals surface area contributed by atoms with E-state index in [1.165, 1.54) is 0 Å². The number of carbonyl (C=O) groups is 1. The highest BCUT2D eigenvalue weighted by Gasteiger charge is 2.36. The van der Waals surface area contributed by atoms with Gasteiger partial charge in [-0.05, 0) is 11.5 Å². The van der Waals surface area contributed by atoms with Crippen LogP contribution in [0, 0.1) is 10.8 Å². The van der Waals surface area contributed by atoms with Gasteiger partial charge >= 0.3 is 0 Å². The Bertz CT molecular complexity index is 697. The zero-order chi connectivity index (χ0) is 17.4. The van der Waals surface area contributed by atoms with Crippen molar-refractivity contribution >= 4 is 5.78 Å². The predicted molar refractivity (Wildman–Crippen MR) is 95.5 cm³/mol. The molecule has 23 heavy (non-hydrogen) atoms. The lowest BCUT2D eigenvalue weighted by Gasteiger charge is -2.33. The zero-order valence-electron chi connectivity index (χ0n) is 14.7. The number of Topliss-reactive ketones (excluding diaryl/α,β-unsaturated/α-hetero) is 1. The minimum absolute atomic E-state index is 0.0778. The van der Waals surface area contributed by atoms with Gasteiger partial charge in [-0.2, -0.15) is 0 Å². The number of rotatable bonds is 3. The number of carbonyl (C=O) groups excluding carboxylic acids is 1. The highest BCUT2D eigenvalue weighted by molar-refractivity contribution is 6.11. The number of hydrogen-bond acceptors (Lipinski definition) is 2. The average Bonchev–Trinajstić information content (AvgIpc) is 2.47. The number of benzene rings is 1. The second-order valence-electron chi connectivity index (χ2n) is 7.75. The van der Waals surface area contributed by atoms with Gasteiger partial charge in [0.2, 0.25) is 0 Å². The van der Waals surface area contributed by atoms with Crippen molar-refractivity contribution in [2.45, 2.75) is 40.5 Å². The molecule has 2 heteroatoms. The molecule has 2 nitrogen and oxygen atoms in total. The van der Waals surface area contributed by atoms with Gasteiger partial charge in [0, 0.05) is 28.0 Å². The van der Waals surface area contributed by atoms with Crippen LogP contribution >= 0.6 is 0 Å². The van der Waals surface area contributed by atoms with Crippen molar-refractivity contribution in [2.24, 2.45) is 10.8 Å². The first-order chi connectivity index (χ1) is 10.6. The summed E-state index contributed by atoms with van der Waals surface area (Å²) in [7, 11) is 0. The van der Waals surface area contributed by atoms with Crippen LogP contribution < -0.4 is 0 Å². The number of aromatic hydroxyl groups is 1. The van der Waals surface area contributed by atoms with E-state index in [2.05, 4.69) is 6.58 Å². The van der Waals surface area contributed by atoms with Crippen LogP contribution in [0.15, 0.2) is 60.2 Å². The summed E-state index contributed by atoms with van der Waals surface area (Å²) < 4.78 is 0. The molecular weight excluding hydrogens is 284 g/mol. The van der Waals surface area contributed by atoms with Crippen molar-refractivity contribution in [1.29, 1.82) is 0 Å². The number of hydrogen-bond donors (Lipinski definition) is 1. The smallest absolute Gasteiger partial charge is 0.185 e. The molecule has 0 radical (unpaired) electrons. The van der Waals surface area contributed by atoms with Crippen LogP contribution in [0.5, 0.6) is 5.75 Å². The molecule has 0 fully saturated rings. The van der Waals surface area contributed by atoms with Crippen LogP contribution in [-0.4, -0.2) is 10.9 Å². The summed E-state index contributed by atoms with van der Waals surface area (Å²) in [5.74, 6) is 0.217. The largest absolute Gasteiger partial charge is 0.508 e. The molecule has 122 valence electrons. The number of para-hydroxylation sites is 1. The third-order valence-corrected chi connectivity index (χ3v) is 4.49. The third-order valence-electron chi connectivity index (χ3n) is 4.49. The summed E-state index contributed by atoms with van der Waals surface area (Å²) >= 11 is 0. The second-order valence-corrected chi connectivity index (χ2v) is 7.75. The Balaban J connectivity index is 2.65. The number of ketones is 1. The summed E-state index contributed by atoms with van der Waals surface area (Å²) in [5.41, 5.74) is 1.69. The summed E-state index contributed by atoms with van der Waals surface area (Å²) in [6.45, 7) is 14.0. The van der Waals surface area contributed by atoms with E-state index in [9.17, 15) is 9.90 Å². The van der Waals surface area contributed by atoms with Crippen LogP contribution in [0.3, 0.4) is 0 Å². The molecule has 0 aliphatic heterocycles. The van der Waals surface area contributed by atoms with Gasteiger partial charge in [0.05, 0.1) is 0 Å². The number of allylic oxidation sites excluding steroid dienone is 5.